The summed E-state index contributed by atoms with van der Waals surface area (Å²) in [6.07, 6.45) is 0. The summed E-state index contributed by atoms with van der Waals surface area (Å²) in [5.41, 5.74) is 4.79. The fourth-order valence-electron chi connectivity index (χ4n) is 2.43. The molecule has 0 saturated carbocycles. The molecule has 0 saturated heterocycles. The smallest absolute Gasteiger partial charge is 0.288 e. The van der Waals surface area contributed by atoms with Gasteiger partial charge in [-0.25, -0.2) is 24.1 Å². The molecule has 10 heteroatoms. The monoisotopic (exact) mass is 372 g/mol. The van der Waals surface area contributed by atoms with Crippen LogP contribution < -0.4 is 16.4 Å². The van der Waals surface area contributed by atoms with E-state index >= 15 is 0 Å². The van der Waals surface area contributed by atoms with Gasteiger partial charge in [0.05, 0.1) is 10.6 Å². The van der Waals surface area contributed by atoms with Crippen molar-refractivity contribution in [3.63, 3.8) is 0 Å². The average molecular weight is 372 g/mol. The first-order valence-corrected chi connectivity index (χ1v) is 9.03. The number of carbonyl (C=O) groups excluding carboxylic acids is 1. The van der Waals surface area contributed by atoms with Crippen molar-refractivity contribution in [1.82, 2.24) is 20.4 Å². The number of hydrogen-bond donors (Lipinski definition) is 3. The molecule has 1 heterocycles. The first-order valence-electron chi connectivity index (χ1n) is 7.48. The van der Waals surface area contributed by atoms with Gasteiger partial charge in [0.1, 0.15) is 5.69 Å². The summed E-state index contributed by atoms with van der Waals surface area (Å²) in [5.74, 6) is 4.64. The number of nitrogens with one attached hydrogen (secondary N) is 1. The van der Waals surface area contributed by atoms with E-state index in [-0.39, 0.29) is 10.6 Å². The van der Waals surface area contributed by atoms with Crippen LogP contribution >= 0.6 is 0 Å². The molecule has 0 bridgehead atoms. The Balaban J connectivity index is 2.17. The van der Waals surface area contributed by atoms with Crippen LogP contribution in [0, 0.1) is 6.92 Å². The quantitative estimate of drug-likeness (QED) is 0.345. The summed E-state index contributed by atoms with van der Waals surface area (Å²) >= 11 is 0. The number of amides is 1. The zero-order valence-corrected chi connectivity index (χ0v) is 14.6. The zero-order chi connectivity index (χ0) is 18.9. The van der Waals surface area contributed by atoms with Crippen LogP contribution in [0.15, 0.2) is 53.4 Å². The number of carbonyl (C=O) groups is 1. The second-order valence-electron chi connectivity index (χ2n) is 5.58. The van der Waals surface area contributed by atoms with Gasteiger partial charge in [-0.3, -0.25) is 10.2 Å². The van der Waals surface area contributed by atoms with Crippen molar-refractivity contribution in [2.24, 2.45) is 11.0 Å². The van der Waals surface area contributed by atoms with Crippen molar-refractivity contribution in [2.75, 3.05) is 0 Å². The Hall–Kier alpha value is -3.08. The highest BCUT2D eigenvalue weighted by Crippen LogP contribution is 2.26. The molecule has 0 atom stereocenters. The molecule has 0 fully saturated rings. The van der Waals surface area contributed by atoms with Gasteiger partial charge < -0.3 is 0 Å². The van der Waals surface area contributed by atoms with Crippen LogP contribution in [0.2, 0.25) is 0 Å². The number of hydrazine groups is 1. The summed E-state index contributed by atoms with van der Waals surface area (Å²) in [6.45, 7) is 1.94. The number of hydrogen-bond acceptors (Lipinski definition) is 6. The number of nitrogens with zero attached hydrogens (tertiary/aromatic N) is 3. The molecule has 2 aromatic carbocycles. The van der Waals surface area contributed by atoms with Gasteiger partial charge in [-0.05, 0) is 31.2 Å². The molecule has 0 aliphatic rings. The normalized spacial score (nSPS) is 11.3. The first-order chi connectivity index (χ1) is 12.3. The Labute approximate surface area is 149 Å². The van der Waals surface area contributed by atoms with E-state index in [1.54, 1.807) is 0 Å². The molecule has 0 aliphatic heterocycles. The van der Waals surface area contributed by atoms with Gasteiger partial charge in [-0.1, -0.05) is 35.0 Å². The van der Waals surface area contributed by atoms with Gasteiger partial charge in [0.2, 0.25) is 10.0 Å². The molecule has 1 aromatic heterocycles. The van der Waals surface area contributed by atoms with E-state index < -0.39 is 15.9 Å². The van der Waals surface area contributed by atoms with Gasteiger partial charge in [0.25, 0.3) is 5.91 Å². The fraction of sp³-hybridized carbons (Fsp3) is 0.0625. The number of benzene rings is 2. The summed E-state index contributed by atoms with van der Waals surface area (Å²) in [6, 6.07) is 13.2. The van der Waals surface area contributed by atoms with Crippen LogP contribution in [-0.2, 0) is 10.0 Å². The van der Waals surface area contributed by atoms with Gasteiger partial charge in [-0.2, -0.15) is 0 Å². The third kappa shape index (κ3) is 3.33. The van der Waals surface area contributed by atoms with Crippen LogP contribution in [0.5, 0.6) is 0 Å². The molecule has 5 N–H and O–H groups in total. The van der Waals surface area contributed by atoms with Crippen LogP contribution in [0.25, 0.3) is 16.9 Å². The molecule has 0 aliphatic carbocycles. The lowest BCUT2D eigenvalue weighted by molar-refractivity contribution is 0.0949. The Morgan fingerprint density at radius 3 is 2.23 bits per heavy atom. The van der Waals surface area contributed by atoms with Crippen molar-refractivity contribution >= 4 is 15.9 Å². The van der Waals surface area contributed by atoms with Crippen LogP contribution in [0.1, 0.15) is 16.1 Å². The minimum atomic E-state index is -3.81. The van der Waals surface area contributed by atoms with E-state index in [4.69, 9.17) is 11.0 Å². The summed E-state index contributed by atoms with van der Waals surface area (Å²) in [5, 5.41) is 13.0. The predicted molar refractivity (Wildman–Crippen MR) is 94.6 cm³/mol. The van der Waals surface area contributed by atoms with Crippen molar-refractivity contribution in [3.8, 4) is 16.9 Å². The number of aryl methyl sites for hydroxylation is 1. The molecule has 26 heavy (non-hydrogen) atoms. The average Bonchev–Trinajstić information content (AvgIpc) is 3.06. The third-order valence-corrected chi connectivity index (χ3v) is 4.68. The summed E-state index contributed by atoms with van der Waals surface area (Å²) in [4.78, 5) is 12.0. The van der Waals surface area contributed by atoms with Gasteiger partial charge in [0, 0.05) is 5.56 Å². The number of nitrogen functional groups attached to an aromatic ring is 1. The zero-order valence-electron chi connectivity index (χ0n) is 13.7. The Morgan fingerprint density at radius 1 is 1.08 bits per heavy atom. The maximum Gasteiger partial charge on any atom is 0.288 e. The SMILES string of the molecule is Cc1ccc(-c2c(C(=O)NN)nnn2-c2ccc(S(N)(=O)=O)cc2)cc1. The van der Waals surface area contributed by atoms with Crippen LogP contribution in [-0.4, -0.2) is 29.3 Å². The Bertz CT molecular complexity index is 1060. The number of rotatable bonds is 4. The topological polar surface area (TPSA) is 146 Å². The van der Waals surface area contributed by atoms with E-state index in [1.165, 1.54) is 28.9 Å². The van der Waals surface area contributed by atoms with Crippen molar-refractivity contribution < 1.29 is 13.2 Å². The number of aromatic nitrogens is 3. The molecule has 134 valence electrons. The third-order valence-electron chi connectivity index (χ3n) is 3.75. The second kappa shape index (κ2) is 6.67. The molecule has 0 radical (unpaired) electrons. The summed E-state index contributed by atoms with van der Waals surface area (Å²) in [7, 11) is -3.81. The molecule has 3 aromatic rings. The fourth-order valence-corrected chi connectivity index (χ4v) is 2.95. The minimum absolute atomic E-state index is 0.0295. The number of nitrogens with two attached hydrogens (primary N) is 2. The largest absolute Gasteiger partial charge is 0.289 e. The number of sulfonamides is 1. The van der Waals surface area contributed by atoms with Crippen molar-refractivity contribution in [3.05, 3.63) is 59.8 Å². The molecule has 0 unspecified atom stereocenters. The second-order valence-corrected chi connectivity index (χ2v) is 7.14. The number of primary sulfonamides is 1. The van der Waals surface area contributed by atoms with E-state index in [2.05, 4.69) is 10.3 Å². The van der Waals surface area contributed by atoms with Crippen molar-refractivity contribution in [1.29, 1.82) is 0 Å². The molecule has 9 nitrogen and oxygen atoms in total. The van der Waals surface area contributed by atoms with E-state index in [9.17, 15) is 13.2 Å². The molecular weight excluding hydrogens is 356 g/mol. The highest BCUT2D eigenvalue weighted by molar-refractivity contribution is 7.89. The van der Waals surface area contributed by atoms with E-state index in [0.717, 1.165) is 5.56 Å². The Morgan fingerprint density at radius 2 is 1.69 bits per heavy atom. The highest BCUT2D eigenvalue weighted by Gasteiger charge is 2.21. The highest BCUT2D eigenvalue weighted by atomic mass is 32.2. The van der Waals surface area contributed by atoms with Crippen LogP contribution in [0.3, 0.4) is 0 Å². The molecule has 3 rings (SSSR count). The Kier molecular flexibility index (Phi) is 4.55. The standard InChI is InChI=1S/C16H16N6O3S/c1-10-2-4-11(5-3-10)15-14(16(23)19-17)20-21-22(15)12-6-8-13(9-7-12)26(18,24)25/h2-9H,17H2,1H3,(H,19,23)(H2,18,24,25). The lowest BCUT2D eigenvalue weighted by atomic mass is 10.1. The van der Waals surface area contributed by atoms with E-state index in [0.29, 0.717) is 16.9 Å². The lowest BCUT2D eigenvalue weighted by Gasteiger charge is -2.09. The summed E-state index contributed by atoms with van der Waals surface area (Å²) < 4.78 is 24.3. The molecule has 1 amide bonds. The lowest BCUT2D eigenvalue weighted by Crippen LogP contribution is -2.30. The van der Waals surface area contributed by atoms with Crippen molar-refractivity contribution in [2.45, 2.75) is 11.8 Å². The minimum Gasteiger partial charge on any atom is -0.289 e. The van der Waals surface area contributed by atoms with Gasteiger partial charge in [-0.15, -0.1) is 5.10 Å². The molecule has 0 spiro atoms. The maximum absolute atomic E-state index is 12.1. The predicted octanol–water partition coefficient (Wildman–Crippen LogP) is 0.494. The van der Waals surface area contributed by atoms with Gasteiger partial charge in [0.15, 0.2) is 5.69 Å². The molecular formula is C16H16N6O3S. The van der Waals surface area contributed by atoms with Gasteiger partial charge >= 0.3 is 0 Å². The van der Waals surface area contributed by atoms with E-state index in [1.807, 2.05) is 36.6 Å². The first kappa shape index (κ1) is 17.7. The maximum atomic E-state index is 12.1. The van der Waals surface area contributed by atoms with Crippen LogP contribution in [0.4, 0.5) is 0 Å².